The van der Waals surface area contributed by atoms with Crippen molar-refractivity contribution in [2.75, 3.05) is 26.9 Å². The van der Waals surface area contributed by atoms with Crippen LogP contribution in [0, 0.1) is 0 Å². The second kappa shape index (κ2) is 8.31. The van der Waals surface area contributed by atoms with Crippen molar-refractivity contribution < 1.29 is 19.0 Å². The van der Waals surface area contributed by atoms with Crippen LogP contribution >= 0.6 is 0 Å². The fraction of sp³-hybridized carbons (Fsp3) is 0.409. The van der Waals surface area contributed by atoms with Crippen LogP contribution in [0.3, 0.4) is 0 Å². The lowest BCUT2D eigenvalue weighted by Gasteiger charge is -2.19. The van der Waals surface area contributed by atoms with Gasteiger partial charge in [0.1, 0.15) is 13.2 Å². The van der Waals surface area contributed by atoms with E-state index in [1.54, 1.807) is 19.4 Å². The van der Waals surface area contributed by atoms with Crippen LogP contribution in [-0.4, -0.2) is 53.6 Å². The summed E-state index contributed by atoms with van der Waals surface area (Å²) in [6, 6.07) is 7.48. The van der Waals surface area contributed by atoms with Gasteiger partial charge < -0.3 is 19.5 Å². The molecule has 0 fully saturated rings. The average molecular weight is 410 g/mol. The van der Waals surface area contributed by atoms with Gasteiger partial charge in [-0.1, -0.05) is 0 Å². The number of aromatic nitrogens is 3. The smallest absolute Gasteiger partial charge is 0.252 e. The first-order chi connectivity index (χ1) is 14.5. The number of nitrogens with one attached hydrogen (secondary N) is 1. The van der Waals surface area contributed by atoms with Crippen LogP contribution in [0.15, 0.2) is 30.5 Å². The maximum absolute atomic E-state index is 13.1. The van der Waals surface area contributed by atoms with E-state index >= 15 is 0 Å². The number of benzene rings is 1. The van der Waals surface area contributed by atoms with Crippen LogP contribution in [0.25, 0.3) is 22.3 Å². The van der Waals surface area contributed by atoms with E-state index in [0.29, 0.717) is 53.6 Å². The van der Waals surface area contributed by atoms with Crippen molar-refractivity contribution in [1.29, 1.82) is 0 Å². The van der Waals surface area contributed by atoms with Crippen molar-refractivity contribution in [3.05, 3.63) is 36.0 Å². The van der Waals surface area contributed by atoms with Gasteiger partial charge in [0.2, 0.25) is 0 Å². The van der Waals surface area contributed by atoms with Gasteiger partial charge in [-0.2, -0.15) is 5.10 Å². The van der Waals surface area contributed by atoms with Crippen molar-refractivity contribution in [2.24, 2.45) is 0 Å². The monoisotopic (exact) mass is 410 g/mol. The molecule has 1 aromatic carbocycles. The maximum Gasteiger partial charge on any atom is 0.252 e. The molecule has 1 aliphatic rings. The zero-order chi connectivity index (χ0) is 21.3. The zero-order valence-electron chi connectivity index (χ0n) is 17.6. The SMILES string of the molecule is COCC(C)NC(=O)c1cc(-c2ccc3c(c2)OCCO3)nc2c1cnn2C(C)C. The number of carbonyl (C=O) groups is 1. The second-order valence-corrected chi connectivity index (χ2v) is 7.66. The second-order valence-electron chi connectivity index (χ2n) is 7.66. The fourth-order valence-corrected chi connectivity index (χ4v) is 3.53. The first-order valence-electron chi connectivity index (χ1n) is 10.1. The molecule has 0 aliphatic carbocycles. The molecule has 0 radical (unpaired) electrons. The summed E-state index contributed by atoms with van der Waals surface area (Å²) < 4.78 is 18.3. The van der Waals surface area contributed by atoms with E-state index in [1.807, 2.05) is 43.7 Å². The topological polar surface area (TPSA) is 87.5 Å². The summed E-state index contributed by atoms with van der Waals surface area (Å²) in [6.45, 7) is 7.44. The molecule has 1 atom stereocenters. The Morgan fingerprint density at radius 3 is 2.70 bits per heavy atom. The summed E-state index contributed by atoms with van der Waals surface area (Å²) in [4.78, 5) is 17.9. The van der Waals surface area contributed by atoms with Crippen molar-refractivity contribution in [3.63, 3.8) is 0 Å². The summed E-state index contributed by atoms with van der Waals surface area (Å²) in [5.41, 5.74) is 2.71. The van der Waals surface area contributed by atoms with Crippen molar-refractivity contribution >= 4 is 16.9 Å². The van der Waals surface area contributed by atoms with E-state index in [4.69, 9.17) is 19.2 Å². The van der Waals surface area contributed by atoms with Crippen LogP contribution in [0.1, 0.15) is 37.2 Å². The van der Waals surface area contributed by atoms with Crippen molar-refractivity contribution in [3.8, 4) is 22.8 Å². The lowest BCUT2D eigenvalue weighted by molar-refractivity contribution is 0.0907. The molecule has 1 aliphatic heterocycles. The Hall–Kier alpha value is -3.13. The van der Waals surface area contributed by atoms with Crippen LogP contribution in [0.5, 0.6) is 11.5 Å². The number of hydrogen-bond donors (Lipinski definition) is 1. The number of methoxy groups -OCH3 is 1. The molecule has 0 spiro atoms. The minimum absolute atomic E-state index is 0.105. The lowest BCUT2D eigenvalue weighted by Crippen LogP contribution is -2.35. The highest BCUT2D eigenvalue weighted by Crippen LogP contribution is 2.35. The van der Waals surface area contributed by atoms with Gasteiger partial charge in [0.25, 0.3) is 5.91 Å². The summed E-state index contributed by atoms with van der Waals surface area (Å²) in [5.74, 6) is 1.21. The number of pyridine rings is 1. The van der Waals surface area contributed by atoms with Crippen LogP contribution < -0.4 is 14.8 Å². The van der Waals surface area contributed by atoms with Gasteiger partial charge in [0.15, 0.2) is 17.1 Å². The van der Waals surface area contributed by atoms with Crippen LogP contribution in [0.2, 0.25) is 0 Å². The molecule has 1 amide bonds. The summed E-state index contributed by atoms with van der Waals surface area (Å²) >= 11 is 0. The third-order valence-electron chi connectivity index (χ3n) is 4.93. The Bertz CT molecular complexity index is 1080. The Morgan fingerprint density at radius 2 is 1.97 bits per heavy atom. The number of fused-ring (bicyclic) bond motifs is 2. The molecular weight excluding hydrogens is 384 g/mol. The molecule has 0 saturated heterocycles. The molecule has 4 rings (SSSR count). The normalized spacial score (nSPS) is 14.2. The molecule has 8 nitrogen and oxygen atoms in total. The van der Waals surface area contributed by atoms with E-state index in [0.717, 1.165) is 5.56 Å². The van der Waals surface area contributed by atoms with E-state index in [9.17, 15) is 4.79 Å². The predicted molar refractivity (Wildman–Crippen MR) is 113 cm³/mol. The Balaban J connectivity index is 1.82. The molecular formula is C22H26N4O4. The maximum atomic E-state index is 13.1. The van der Waals surface area contributed by atoms with Gasteiger partial charge >= 0.3 is 0 Å². The average Bonchev–Trinajstić information content (AvgIpc) is 3.17. The molecule has 0 saturated carbocycles. The van der Waals surface area contributed by atoms with Gasteiger partial charge in [0.05, 0.1) is 29.4 Å². The van der Waals surface area contributed by atoms with Gasteiger partial charge in [-0.15, -0.1) is 0 Å². The summed E-state index contributed by atoms with van der Waals surface area (Å²) in [6.07, 6.45) is 1.70. The first kappa shape index (κ1) is 20.2. The lowest BCUT2D eigenvalue weighted by atomic mass is 10.1. The number of amides is 1. The molecule has 3 aromatic rings. The fourth-order valence-electron chi connectivity index (χ4n) is 3.53. The van der Waals surface area contributed by atoms with E-state index < -0.39 is 0 Å². The highest BCUT2D eigenvalue weighted by atomic mass is 16.6. The number of rotatable bonds is 6. The van der Waals surface area contributed by atoms with E-state index in [-0.39, 0.29) is 18.0 Å². The molecule has 1 N–H and O–H groups in total. The standard InChI is InChI=1S/C22H26N4O4/c1-13(2)26-21-17(11-23-26)16(22(27)24-14(3)12-28-4)10-18(25-21)15-5-6-19-20(9-15)30-8-7-29-19/h5-6,9-11,13-14H,7-8,12H2,1-4H3,(H,24,27). The zero-order valence-corrected chi connectivity index (χ0v) is 17.6. The summed E-state index contributed by atoms with van der Waals surface area (Å²) in [5, 5.41) is 8.16. The number of ether oxygens (including phenoxy) is 3. The quantitative estimate of drug-likeness (QED) is 0.671. The van der Waals surface area contributed by atoms with Crippen LogP contribution in [-0.2, 0) is 4.74 Å². The molecule has 8 heteroatoms. The minimum atomic E-state index is -0.186. The number of hydrogen-bond acceptors (Lipinski definition) is 6. The molecule has 0 bridgehead atoms. The van der Waals surface area contributed by atoms with Gasteiger partial charge in [-0.25, -0.2) is 9.67 Å². The Kier molecular flexibility index (Phi) is 5.59. The molecule has 30 heavy (non-hydrogen) atoms. The molecule has 158 valence electrons. The largest absolute Gasteiger partial charge is 0.486 e. The van der Waals surface area contributed by atoms with Crippen molar-refractivity contribution in [2.45, 2.75) is 32.9 Å². The Morgan fingerprint density at radius 1 is 1.20 bits per heavy atom. The van der Waals surface area contributed by atoms with Gasteiger partial charge in [-0.05, 0) is 45.0 Å². The van der Waals surface area contributed by atoms with Gasteiger partial charge in [-0.3, -0.25) is 4.79 Å². The van der Waals surface area contributed by atoms with Gasteiger partial charge in [0, 0.05) is 24.8 Å². The first-order valence-corrected chi connectivity index (χ1v) is 10.1. The highest BCUT2D eigenvalue weighted by molar-refractivity contribution is 6.06. The Labute approximate surface area is 175 Å². The van der Waals surface area contributed by atoms with E-state index in [2.05, 4.69) is 10.4 Å². The molecule has 2 aromatic heterocycles. The third-order valence-corrected chi connectivity index (χ3v) is 4.93. The summed E-state index contributed by atoms with van der Waals surface area (Å²) in [7, 11) is 1.61. The predicted octanol–water partition coefficient (Wildman–Crippen LogP) is 3.22. The van der Waals surface area contributed by atoms with Crippen LogP contribution in [0.4, 0.5) is 0 Å². The van der Waals surface area contributed by atoms with Crippen molar-refractivity contribution in [1.82, 2.24) is 20.1 Å². The number of nitrogens with zero attached hydrogens (tertiary/aromatic N) is 3. The molecule has 1 unspecified atom stereocenters. The third kappa shape index (κ3) is 3.82. The van der Waals surface area contributed by atoms with E-state index in [1.165, 1.54) is 0 Å². The number of carbonyl (C=O) groups excluding carboxylic acids is 1. The highest BCUT2D eigenvalue weighted by Gasteiger charge is 2.21. The molecule has 3 heterocycles. The minimum Gasteiger partial charge on any atom is -0.486 e.